The van der Waals surface area contributed by atoms with Gasteiger partial charge in [-0.3, -0.25) is 4.79 Å². The van der Waals surface area contributed by atoms with E-state index in [0.29, 0.717) is 17.8 Å². The third-order valence-electron chi connectivity index (χ3n) is 3.86. The number of nitrogens with zero attached hydrogens (tertiary/aromatic N) is 1. The van der Waals surface area contributed by atoms with E-state index < -0.39 is 12.3 Å². The lowest BCUT2D eigenvalue weighted by molar-refractivity contribution is -0.286. The van der Waals surface area contributed by atoms with Crippen LogP contribution in [-0.4, -0.2) is 37.2 Å². The van der Waals surface area contributed by atoms with E-state index in [1.807, 2.05) is 0 Å². The second-order valence-electron chi connectivity index (χ2n) is 5.89. The molecule has 3 rings (SSSR count). The molecule has 2 aromatic carbocycles. The standard InChI is InChI=1S/C18H17F2N3O4/c1-21-16(24)12-5-3-11(4-6-12)10-23(2)17(25)22-13-7-8-14-15(9-13)27-18(19,20)26-14/h3-9H,10H2,1-2H3,(H,21,24)(H,22,25). The largest absolute Gasteiger partial charge is 0.586 e. The predicted molar refractivity (Wildman–Crippen MR) is 93.0 cm³/mol. The third-order valence-corrected chi connectivity index (χ3v) is 3.86. The Morgan fingerprint density at radius 2 is 1.74 bits per heavy atom. The van der Waals surface area contributed by atoms with Crippen LogP contribution in [0.25, 0.3) is 0 Å². The molecule has 0 saturated carbocycles. The lowest BCUT2D eigenvalue weighted by Gasteiger charge is -2.18. The van der Waals surface area contributed by atoms with Gasteiger partial charge in [0, 0.05) is 38.0 Å². The van der Waals surface area contributed by atoms with Gasteiger partial charge in [0.05, 0.1) is 0 Å². The Balaban J connectivity index is 1.61. The van der Waals surface area contributed by atoms with Crippen molar-refractivity contribution in [3.63, 3.8) is 0 Å². The van der Waals surface area contributed by atoms with Crippen molar-refractivity contribution in [3.05, 3.63) is 53.6 Å². The van der Waals surface area contributed by atoms with E-state index in [4.69, 9.17) is 0 Å². The number of carbonyl (C=O) groups excluding carboxylic acids is 2. The Bertz CT molecular complexity index is 871. The molecule has 9 heteroatoms. The lowest BCUT2D eigenvalue weighted by Crippen LogP contribution is -2.30. The first-order chi connectivity index (χ1) is 12.8. The average molecular weight is 377 g/mol. The number of anilines is 1. The molecular weight excluding hydrogens is 360 g/mol. The van der Waals surface area contributed by atoms with Crippen LogP contribution in [0.1, 0.15) is 15.9 Å². The van der Waals surface area contributed by atoms with Crippen molar-refractivity contribution in [1.82, 2.24) is 10.2 Å². The van der Waals surface area contributed by atoms with Gasteiger partial charge in [-0.05, 0) is 29.8 Å². The number of hydrogen-bond donors (Lipinski definition) is 2. The summed E-state index contributed by atoms with van der Waals surface area (Å²) in [6.45, 7) is 0.294. The van der Waals surface area contributed by atoms with Crippen LogP contribution in [-0.2, 0) is 6.54 Å². The van der Waals surface area contributed by atoms with Crippen molar-refractivity contribution >= 4 is 17.6 Å². The molecule has 2 N–H and O–H groups in total. The smallest absolute Gasteiger partial charge is 0.395 e. The van der Waals surface area contributed by atoms with E-state index in [1.165, 1.54) is 23.1 Å². The summed E-state index contributed by atoms with van der Waals surface area (Å²) in [4.78, 5) is 25.2. The molecule has 1 aliphatic heterocycles. The molecule has 27 heavy (non-hydrogen) atoms. The van der Waals surface area contributed by atoms with Gasteiger partial charge < -0.3 is 25.0 Å². The van der Waals surface area contributed by atoms with E-state index in [2.05, 4.69) is 20.1 Å². The van der Waals surface area contributed by atoms with Crippen LogP contribution in [0, 0.1) is 0 Å². The Morgan fingerprint density at radius 1 is 1.07 bits per heavy atom. The predicted octanol–water partition coefficient (Wildman–Crippen LogP) is 3.03. The molecule has 0 bridgehead atoms. The van der Waals surface area contributed by atoms with Crippen molar-refractivity contribution in [2.45, 2.75) is 12.8 Å². The van der Waals surface area contributed by atoms with Crippen LogP contribution in [0.4, 0.5) is 19.3 Å². The Hall–Kier alpha value is -3.36. The summed E-state index contributed by atoms with van der Waals surface area (Å²) in [6, 6.07) is 10.4. The summed E-state index contributed by atoms with van der Waals surface area (Å²) in [5, 5.41) is 5.13. The summed E-state index contributed by atoms with van der Waals surface area (Å²) < 4.78 is 34.7. The minimum absolute atomic E-state index is 0.0949. The Labute approximate surface area is 153 Å². The van der Waals surface area contributed by atoms with Crippen LogP contribution in [0.5, 0.6) is 11.5 Å². The number of fused-ring (bicyclic) bond motifs is 1. The summed E-state index contributed by atoms with van der Waals surface area (Å²) in [5.41, 5.74) is 1.64. The van der Waals surface area contributed by atoms with Gasteiger partial charge in [0.1, 0.15) is 0 Å². The van der Waals surface area contributed by atoms with Gasteiger partial charge in [-0.15, -0.1) is 8.78 Å². The Morgan fingerprint density at radius 3 is 2.41 bits per heavy atom. The first-order valence-corrected chi connectivity index (χ1v) is 8.00. The van der Waals surface area contributed by atoms with E-state index in [9.17, 15) is 18.4 Å². The van der Waals surface area contributed by atoms with Crippen LogP contribution >= 0.6 is 0 Å². The maximum absolute atomic E-state index is 13.0. The summed E-state index contributed by atoms with van der Waals surface area (Å²) >= 11 is 0. The van der Waals surface area contributed by atoms with Crippen molar-refractivity contribution < 1.29 is 27.8 Å². The minimum Gasteiger partial charge on any atom is -0.395 e. The zero-order valence-corrected chi connectivity index (χ0v) is 14.6. The first kappa shape index (κ1) is 18.4. The van der Waals surface area contributed by atoms with Gasteiger partial charge in [0.15, 0.2) is 11.5 Å². The second-order valence-corrected chi connectivity index (χ2v) is 5.89. The number of halogens is 2. The molecule has 0 atom stereocenters. The molecule has 3 amide bonds. The highest BCUT2D eigenvalue weighted by molar-refractivity contribution is 5.94. The lowest BCUT2D eigenvalue weighted by atomic mass is 10.1. The fourth-order valence-electron chi connectivity index (χ4n) is 2.50. The second kappa shape index (κ2) is 7.10. The molecule has 142 valence electrons. The highest BCUT2D eigenvalue weighted by Crippen LogP contribution is 2.42. The molecule has 0 fully saturated rings. The van der Waals surface area contributed by atoms with Crippen LogP contribution in [0.15, 0.2) is 42.5 Å². The average Bonchev–Trinajstić information content (AvgIpc) is 2.94. The number of nitrogens with one attached hydrogen (secondary N) is 2. The molecule has 1 heterocycles. The van der Waals surface area contributed by atoms with Crippen LogP contribution in [0.2, 0.25) is 0 Å². The summed E-state index contributed by atoms with van der Waals surface area (Å²) in [7, 11) is 3.13. The normalized spacial score (nSPS) is 13.8. The molecule has 1 aliphatic rings. The molecule has 0 spiro atoms. The number of carbonyl (C=O) groups is 2. The zero-order valence-electron chi connectivity index (χ0n) is 14.6. The number of amides is 3. The number of ether oxygens (including phenoxy) is 2. The van der Waals surface area contributed by atoms with Crippen molar-refractivity contribution in [2.75, 3.05) is 19.4 Å². The molecule has 0 aromatic heterocycles. The molecule has 2 aromatic rings. The van der Waals surface area contributed by atoms with Crippen molar-refractivity contribution in [1.29, 1.82) is 0 Å². The van der Waals surface area contributed by atoms with Gasteiger partial charge >= 0.3 is 12.3 Å². The SMILES string of the molecule is CNC(=O)c1ccc(CN(C)C(=O)Nc2ccc3c(c2)OC(F)(F)O3)cc1. The molecule has 0 aliphatic carbocycles. The van der Waals surface area contributed by atoms with Crippen LogP contribution < -0.4 is 20.1 Å². The maximum atomic E-state index is 13.0. The topological polar surface area (TPSA) is 79.9 Å². The molecule has 0 saturated heterocycles. The number of urea groups is 1. The highest BCUT2D eigenvalue weighted by atomic mass is 19.3. The van der Waals surface area contributed by atoms with Crippen LogP contribution in [0.3, 0.4) is 0 Å². The number of benzene rings is 2. The highest BCUT2D eigenvalue weighted by Gasteiger charge is 2.43. The van der Waals surface area contributed by atoms with Gasteiger partial charge in [0.2, 0.25) is 0 Å². The number of alkyl halides is 2. The Kier molecular flexibility index (Phi) is 4.85. The van der Waals surface area contributed by atoms with Gasteiger partial charge in [-0.1, -0.05) is 12.1 Å². The van der Waals surface area contributed by atoms with Crippen molar-refractivity contribution in [2.24, 2.45) is 0 Å². The van der Waals surface area contributed by atoms with Crippen molar-refractivity contribution in [3.8, 4) is 11.5 Å². The summed E-state index contributed by atoms with van der Waals surface area (Å²) in [6.07, 6.45) is -3.71. The fourth-order valence-corrected chi connectivity index (χ4v) is 2.50. The van der Waals surface area contributed by atoms with E-state index in [0.717, 1.165) is 5.56 Å². The van der Waals surface area contributed by atoms with Gasteiger partial charge in [-0.25, -0.2) is 4.79 Å². The molecule has 0 radical (unpaired) electrons. The fraction of sp³-hybridized carbons (Fsp3) is 0.222. The summed E-state index contributed by atoms with van der Waals surface area (Å²) in [5.74, 6) is -0.436. The monoisotopic (exact) mass is 377 g/mol. The zero-order chi connectivity index (χ0) is 19.6. The molecule has 7 nitrogen and oxygen atoms in total. The minimum atomic E-state index is -3.71. The van der Waals surface area contributed by atoms with E-state index in [-0.39, 0.29) is 17.4 Å². The maximum Gasteiger partial charge on any atom is 0.586 e. The van der Waals surface area contributed by atoms with E-state index in [1.54, 1.807) is 38.4 Å². The molecule has 0 unspecified atom stereocenters. The van der Waals surface area contributed by atoms with Gasteiger partial charge in [0.25, 0.3) is 5.91 Å². The number of hydrogen-bond acceptors (Lipinski definition) is 4. The first-order valence-electron chi connectivity index (χ1n) is 8.00. The molecular formula is C18H17F2N3O4. The number of rotatable bonds is 4. The quantitative estimate of drug-likeness (QED) is 0.858. The van der Waals surface area contributed by atoms with E-state index >= 15 is 0 Å². The van der Waals surface area contributed by atoms with Gasteiger partial charge in [-0.2, -0.15) is 0 Å². The third kappa shape index (κ3) is 4.25.